The number of likely N-dealkylation sites (N-methyl/N-ethyl adjacent to an activating group) is 1. The largest absolute Gasteiger partial charge is 0.472 e. The molecule has 55 heavy (non-hydrogen) atoms. The van der Waals surface area contributed by atoms with Crippen LogP contribution >= 0.6 is 7.82 Å². The summed E-state index contributed by atoms with van der Waals surface area (Å²) in [5, 5.41) is 0. The van der Waals surface area contributed by atoms with E-state index in [4.69, 9.17) is 18.5 Å². The molecule has 0 aromatic rings. The number of phosphoric ester groups is 1. The van der Waals surface area contributed by atoms with E-state index in [2.05, 4.69) is 13.8 Å². The van der Waals surface area contributed by atoms with Gasteiger partial charge in [0, 0.05) is 12.8 Å². The number of hydrogen-bond acceptors (Lipinski definition) is 7. The molecule has 2 atom stereocenters. The van der Waals surface area contributed by atoms with Gasteiger partial charge in [0.1, 0.15) is 19.8 Å². The summed E-state index contributed by atoms with van der Waals surface area (Å²) in [6.45, 7) is 4.46. The number of quaternary nitrogens is 1. The maximum absolute atomic E-state index is 12.7. The molecule has 0 radical (unpaired) electrons. The summed E-state index contributed by atoms with van der Waals surface area (Å²) < 4.78 is 34.3. The first kappa shape index (κ1) is 54.0. The zero-order valence-corrected chi connectivity index (χ0v) is 37.8. The minimum Gasteiger partial charge on any atom is -0.462 e. The molecule has 1 N–H and O–H groups in total. The summed E-state index contributed by atoms with van der Waals surface area (Å²) in [5.41, 5.74) is 0. The minimum atomic E-state index is -4.36. The lowest BCUT2D eigenvalue weighted by Gasteiger charge is -2.24. The van der Waals surface area contributed by atoms with Gasteiger partial charge in [-0.2, -0.15) is 0 Å². The highest BCUT2D eigenvalue weighted by Crippen LogP contribution is 2.43. The summed E-state index contributed by atoms with van der Waals surface area (Å²) in [6.07, 6.45) is 38.6. The second kappa shape index (κ2) is 38.5. The molecule has 0 fully saturated rings. The number of carbonyl (C=O) groups excluding carboxylic acids is 2. The van der Waals surface area contributed by atoms with Crippen molar-refractivity contribution in [2.24, 2.45) is 0 Å². The summed E-state index contributed by atoms with van der Waals surface area (Å²) in [7, 11) is 1.49. The molecule has 0 aliphatic carbocycles. The molecule has 0 saturated carbocycles. The smallest absolute Gasteiger partial charge is 0.462 e. The van der Waals surface area contributed by atoms with Gasteiger partial charge < -0.3 is 18.9 Å². The standard InChI is InChI=1S/C45H90NO8P/c1-6-8-10-12-14-16-18-20-21-22-23-24-25-26-28-29-31-33-35-37-44(47)51-41-43(42-53-55(49,50)52-40-39-46(3,4)5)54-45(48)38-36-34-32-30-27-19-17-15-13-11-9-7-2/h43H,6-42H2,1-5H3/p+1/t43-/m0/s1. The van der Waals surface area contributed by atoms with Gasteiger partial charge >= 0.3 is 19.8 Å². The van der Waals surface area contributed by atoms with Gasteiger partial charge in [0.25, 0.3) is 0 Å². The quantitative estimate of drug-likeness (QED) is 0.0281. The number of nitrogens with zero attached hydrogens (tertiary/aromatic N) is 1. The van der Waals surface area contributed by atoms with Crippen molar-refractivity contribution < 1.29 is 42.1 Å². The van der Waals surface area contributed by atoms with Crippen LogP contribution in [0.3, 0.4) is 0 Å². The molecule has 0 aromatic heterocycles. The molecule has 0 bridgehead atoms. The Labute approximate surface area is 340 Å². The van der Waals surface area contributed by atoms with Gasteiger partial charge in [0.2, 0.25) is 0 Å². The highest BCUT2D eigenvalue weighted by molar-refractivity contribution is 7.47. The average Bonchev–Trinajstić information content (AvgIpc) is 3.13. The number of unbranched alkanes of at least 4 members (excludes halogenated alkanes) is 29. The van der Waals surface area contributed by atoms with Crippen LogP contribution in [-0.2, 0) is 32.7 Å². The molecule has 328 valence electrons. The van der Waals surface area contributed by atoms with E-state index in [0.29, 0.717) is 17.4 Å². The van der Waals surface area contributed by atoms with Crippen LogP contribution in [0.1, 0.15) is 226 Å². The van der Waals surface area contributed by atoms with E-state index in [9.17, 15) is 19.0 Å². The van der Waals surface area contributed by atoms with Gasteiger partial charge in [-0.3, -0.25) is 18.6 Å². The Hall–Kier alpha value is -0.990. The first-order valence-corrected chi connectivity index (χ1v) is 24.8. The number of esters is 2. The van der Waals surface area contributed by atoms with Gasteiger partial charge in [-0.1, -0.05) is 200 Å². The van der Waals surface area contributed by atoms with Crippen LogP contribution in [0.5, 0.6) is 0 Å². The zero-order valence-electron chi connectivity index (χ0n) is 36.9. The highest BCUT2D eigenvalue weighted by atomic mass is 31.2. The lowest BCUT2D eigenvalue weighted by molar-refractivity contribution is -0.870. The zero-order chi connectivity index (χ0) is 40.7. The van der Waals surface area contributed by atoms with Crippen molar-refractivity contribution in [3.8, 4) is 0 Å². The van der Waals surface area contributed by atoms with E-state index in [0.717, 1.165) is 38.5 Å². The van der Waals surface area contributed by atoms with Gasteiger partial charge in [-0.25, -0.2) is 4.57 Å². The van der Waals surface area contributed by atoms with Crippen LogP contribution in [-0.4, -0.2) is 74.9 Å². The second-order valence-corrected chi connectivity index (χ2v) is 18.6. The summed E-state index contributed by atoms with van der Waals surface area (Å²) in [5.74, 6) is -0.783. The monoisotopic (exact) mass is 805 g/mol. The Bertz CT molecular complexity index is 912. The maximum Gasteiger partial charge on any atom is 0.472 e. The number of ether oxygens (including phenoxy) is 2. The van der Waals surface area contributed by atoms with Gasteiger partial charge in [-0.15, -0.1) is 0 Å². The highest BCUT2D eigenvalue weighted by Gasteiger charge is 2.27. The van der Waals surface area contributed by atoms with Crippen LogP contribution in [0.15, 0.2) is 0 Å². The Morgan fingerprint density at radius 1 is 0.491 bits per heavy atom. The lowest BCUT2D eigenvalue weighted by atomic mass is 10.0. The Balaban J connectivity index is 4.22. The number of carbonyl (C=O) groups is 2. The molecule has 0 heterocycles. The van der Waals surface area contributed by atoms with Crippen molar-refractivity contribution in [3.05, 3.63) is 0 Å². The lowest BCUT2D eigenvalue weighted by Crippen LogP contribution is -2.37. The van der Waals surface area contributed by atoms with Crippen molar-refractivity contribution in [2.45, 2.75) is 232 Å². The number of rotatable bonds is 43. The van der Waals surface area contributed by atoms with Crippen LogP contribution in [0, 0.1) is 0 Å². The fraction of sp³-hybridized carbons (Fsp3) is 0.956. The van der Waals surface area contributed by atoms with Gasteiger partial charge in [-0.05, 0) is 12.8 Å². The Morgan fingerprint density at radius 2 is 0.818 bits per heavy atom. The predicted molar refractivity (Wildman–Crippen MR) is 229 cm³/mol. The number of phosphoric acid groups is 1. The number of hydrogen-bond donors (Lipinski definition) is 1. The first-order valence-electron chi connectivity index (χ1n) is 23.3. The van der Waals surface area contributed by atoms with Crippen LogP contribution in [0.2, 0.25) is 0 Å². The van der Waals surface area contributed by atoms with E-state index in [-0.39, 0.29) is 25.6 Å². The molecule has 0 aromatic carbocycles. The molecule has 0 amide bonds. The van der Waals surface area contributed by atoms with Crippen molar-refractivity contribution in [3.63, 3.8) is 0 Å². The maximum atomic E-state index is 12.7. The van der Waals surface area contributed by atoms with Crippen LogP contribution in [0.4, 0.5) is 0 Å². The normalized spacial score (nSPS) is 13.5. The molecular formula is C45H91NO8P+. The topological polar surface area (TPSA) is 108 Å². The van der Waals surface area contributed by atoms with Crippen molar-refractivity contribution in [1.29, 1.82) is 0 Å². The van der Waals surface area contributed by atoms with Crippen molar-refractivity contribution >= 4 is 19.8 Å². The summed E-state index contributed by atoms with van der Waals surface area (Å²) in [6, 6.07) is 0. The van der Waals surface area contributed by atoms with Crippen molar-refractivity contribution in [2.75, 3.05) is 47.5 Å². The second-order valence-electron chi connectivity index (χ2n) is 17.2. The molecule has 0 rings (SSSR count). The molecule has 0 saturated heterocycles. The van der Waals surface area contributed by atoms with Crippen LogP contribution in [0.25, 0.3) is 0 Å². The fourth-order valence-electron chi connectivity index (χ4n) is 6.72. The van der Waals surface area contributed by atoms with E-state index in [1.807, 2.05) is 21.1 Å². The van der Waals surface area contributed by atoms with Crippen molar-refractivity contribution in [1.82, 2.24) is 0 Å². The molecular weight excluding hydrogens is 713 g/mol. The van der Waals surface area contributed by atoms with Gasteiger partial charge in [0.05, 0.1) is 27.7 Å². The average molecular weight is 805 g/mol. The summed E-state index contributed by atoms with van der Waals surface area (Å²) >= 11 is 0. The third kappa shape index (κ3) is 42.4. The Kier molecular flexibility index (Phi) is 37.8. The summed E-state index contributed by atoms with van der Waals surface area (Å²) in [4.78, 5) is 35.4. The molecule has 1 unspecified atom stereocenters. The minimum absolute atomic E-state index is 0.0368. The molecule has 0 spiro atoms. The molecule has 0 aliphatic rings. The van der Waals surface area contributed by atoms with E-state index >= 15 is 0 Å². The molecule has 0 aliphatic heterocycles. The molecule has 9 nitrogen and oxygen atoms in total. The van der Waals surface area contributed by atoms with Crippen LogP contribution < -0.4 is 0 Å². The van der Waals surface area contributed by atoms with E-state index < -0.39 is 26.5 Å². The predicted octanol–water partition coefficient (Wildman–Crippen LogP) is 13.2. The van der Waals surface area contributed by atoms with E-state index in [1.165, 1.54) is 161 Å². The Morgan fingerprint density at radius 3 is 1.16 bits per heavy atom. The van der Waals surface area contributed by atoms with Gasteiger partial charge in [0.15, 0.2) is 6.10 Å². The molecule has 10 heteroatoms. The SMILES string of the molecule is CCCCCCCCCCCCCCCCCCCCCC(=O)OC[C@@H](COP(=O)(O)OCC[N+](C)(C)C)OC(=O)CCCCCCCCCCCCCC. The van der Waals surface area contributed by atoms with E-state index in [1.54, 1.807) is 0 Å². The fourth-order valence-corrected chi connectivity index (χ4v) is 7.46. The first-order chi connectivity index (χ1) is 26.5. The third-order valence-corrected chi connectivity index (χ3v) is 11.4. The third-order valence-electron chi connectivity index (χ3n) is 10.4.